The number of amides is 2. The molecule has 1 heterocycles. The summed E-state index contributed by atoms with van der Waals surface area (Å²) < 4.78 is 5.13. The molecular weight excluding hydrogens is 274 g/mol. The Morgan fingerprint density at radius 3 is 2.76 bits per heavy atom. The van der Waals surface area contributed by atoms with E-state index < -0.39 is 18.0 Å². The highest BCUT2D eigenvalue weighted by molar-refractivity contribution is 5.95. The van der Waals surface area contributed by atoms with Crippen molar-refractivity contribution >= 4 is 23.4 Å². The SMILES string of the molecule is CN(C)c1ccccc1NC(=O)N1CCOCC1C(=O)O. The normalized spacial score (nSPS) is 18.2. The van der Waals surface area contributed by atoms with Gasteiger partial charge in [0.2, 0.25) is 0 Å². The zero-order chi connectivity index (χ0) is 15.4. The van der Waals surface area contributed by atoms with E-state index in [9.17, 15) is 9.59 Å². The maximum absolute atomic E-state index is 12.3. The molecule has 1 aromatic rings. The number of carbonyl (C=O) groups excluding carboxylic acids is 1. The van der Waals surface area contributed by atoms with Crippen LogP contribution < -0.4 is 10.2 Å². The van der Waals surface area contributed by atoms with Crippen molar-refractivity contribution in [2.24, 2.45) is 0 Å². The average Bonchev–Trinajstić information content (AvgIpc) is 2.47. The Bertz CT molecular complexity index is 533. The van der Waals surface area contributed by atoms with Gasteiger partial charge in [-0.15, -0.1) is 0 Å². The van der Waals surface area contributed by atoms with Gasteiger partial charge in [0.05, 0.1) is 24.6 Å². The van der Waals surface area contributed by atoms with Crippen LogP contribution in [-0.2, 0) is 9.53 Å². The number of urea groups is 1. The molecule has 1 aliphatic rings. The molecule has 1 fully saturated rings. The summed E-state index contributed by atoms with van der Waals surface area (Å²) >= 11 is 0. The third kappa shape index (κ3) is 3.43. The summed E-state index contributed by atoms with van der Waals surface area (Å²) in [5.41, 5.74) is 1.49. The number of anilines is 2. The minimum Gasteiger partial charge on any atom is -0.480 e. The number of hydrogen-bond donors (Lipinski definition) is 2. The number of para-hydroxylation sites is 2. The molecule has 0 aliphatic carbocycles. The highest BCUT2D eigenvalue weighted by Crippen LogP contribution is 2.24. The first-order valence-corrected chi connectivity index (χ1v) is 6.65. The lowest BCUT2D eigenvalue weighted by Gasteiger charge is -2.33. The average molecular weight is 293 g/mol. The Morgan fingerprint density at radius 2 is 2.10 bits per heavy atom. The Hall–Kier alpha value is -2.28. The molecule has 0 spiro atoms. The number of hydrogen-bond acceptors (Lipinski definition) is 4. The van der Waals surface area contributed by atoms with Gasteiger partial charge in [0, 0.05) is 20.6 Å². The first-order chi connectivity index (χ1) is 10.0. The van der Waals surface area contributed by atoms with Gasteiger partial charge in [-0.2, -0.15) is 0 Å². The van der Waals surface area contributed by atoms with Crippen LogP contribution in [0.5, 0.6) is 0 Å². The summed E-state index contributed by atoms with van der Waals surface area (Å²) in [5, 5.41) is 11.9. The molecule has 0 saturated carbocycles. The number of carboxylic acids is 1. The zero-order valence-electron chi connectivity index (χ0n) is 12.1. The lowest BCUT2D eigenvalue weighted by atomic mass is 10.2. The Balaban J connectivity index is 2.15. The van der Waals surface area contributed by atoms with Gasteiger partial charge in [0.15, 0.2) is 6.04 Å². The van der Waals surface area contributed by atoms with E-state index in [0.29, 0.717) is 12.3 Å². The molecule has 21 heavy (non-hydrogen) atoms. The van der Waals surface area contributed by atoms with E-state index in [0.717, 1.165) is 5.69 Å². The second-order valence-corrected chi connectivity index (χ2v) is 4.96. The number of ether oxygens (including phenoxy) is 1. The summed E-state index contributed by atoms with van der Waals surface area (Å²) in [4.78, 5) is 26.7. The Labute approximate surface area is 123 Å². The van der Waals surface area contributed by atoms with Gasteiger partial charge in [0.25, 0.3) is 0 Å². The molecule has 1 aromatic carbocycles. The molecule has 2 N–H and O–H groups in total. The highest BCUT2D eigenvalue weighted by Gasteiger charge is 2.33. The van der Waals surface area contributed by atoms with E-state index in [2.05, 4.69) is 5.32 Å². The fourth-order valence-corrected chi connectivity index (χ4v) is 2.21. The van der Waals surface area contributed by atoms with Crippen LogP contribution in [0.4, 0.5) is 16.2 Å². The van der Waals surface area contributed by atoms with Gasteiger partial charge in [-0.05, 0) is 12.1 Å². The van der Waals surface area contributed by atoms with Gasteiger partial charge >= 0.3 is 12.0 Å². The van der Waals surface area contributed by atoms with E-state index in [1.807, 2.05) is 37.2 Å². The summed E-state index contributed by atoms with van der Waals surface area (Å²) in [5.74, 6) is -1.06. The summed E-state index contributed by atoms with van der Waals surface area (Å²) in [6.07, 6.45) is 0. The maximum Gasteiger partial charge on any atom is 0.328 e. The maximum atomic E-state index is 12.3. The van der Waals surface area contributed by atoms with Crippen LogP contribution in [0, 0.1) is 0 Å². The van der Waals surface area contributed by atoms with Crippen LogP contribution in [-0.4, -0.2) is 61.9 Å². The van der Waals surface area contributed by atoms with Crippen molar-refractivity contribution in [2.75, 3.05) is 44.1 Å². The zero-order valence-corrected chi connectivity index (χ0v) is 12.1. The quantitative estimate of drug-likeness (QED) is 0.871. The first-order valence-electron chi connectivity index (χ1n) is 6.65. The van der Waals surface area contributed by atoms with Crippen LogP contribution in [0.2, 0.25) is 0 Å². The molecule has 1 unspecified atom stereocenters. The molecule has 0 bridgehead atoms. The molecule has 1 saturated heterocycles. The van der Waals surface area contributed by atoms with E-state index in [1.165, 1.54) is 4.90 Å². The molecule has 1 aliphatic heterocycles. The van der Waals surface area contributed by atoms with Gasteiger partial charge in [-0.1, -0.05) is 12.1 Å². The smallest absolute Gasteiger partial charge is 0.328 e. The number of carboxylic acid groups (broad SMARTS) is 1. The molecule has 2 amide bonds. The van der Waals surface area contributed by atoms with E-state index in [4.69, 9.17) is 9.84 Å². The first kappa shape index (κ1) is 15.1. The second-order valence-electron chi connectivity index (χ2n) is 4.96. The monoisotopic (exact) mass is 293 g/mol. The minimum absolute atomic E-state index is 0.0120. The van der Waals surface area contributed by atoms with Crippen molar-refractivity contribution < 1.29 is 19.4 Å². The van der Waals surface area contributed by atoms with Gasteiger partial charge in [-0.25, -0.2) is 9.59 Å². The van der Waals surface area contributed by atoms with Crippen molar-refractivity contribution in [3.8, 4) is 0 Å². The molecule has 7 nitrogen and oxygen atoms in total. The number of aliphatic carboxylic acids is 1. The predicted octanol–water partition coefficient (Wildman–Crippen LogP) is 1.07. The number of carbonyl (C=O) groups is 2. The van der Waals surface area contributed by atoms with Gasteiger partial charge in [-0.3, -0.25) is 0 Å². The third-order valence-corrected chi connectivity index (χ3v) is 3.30. The van der Waals surface area contributed by atoms with Crippen LogP contribution in [0.15, 0.2) is 24.3 Å². The molecule has 0 aromatic heterocycles. The second kappa shape index (κ2) is 6.45. The topological polar surface area (TPSA) is 82.1 Å². The van der Waals surface area contributed by atoms with Gasteiger partial charge in [0.1, 0.15) is 0 Å². The van der Waals surface area contributed by atoms with Crippen LogP contribution >= 0.6 is 0 Å². The molecule has 114 valence electrons. The van der Waals surface area contributed by atoms with Crippen molar-refractivity contribution in [3.05, 3.63) is 24.3 Å². The largest absolute Gasteiger partial charge is 0.480 e. The van der Waals surface area contributed by atoms with E-state index in [-0.39, 0.29) is 13.2 Å². The lowest BCUT2D eigenvalue weighted by Crippen LogP contribution is -2.54. The predicted molar refractivity (Wildman–Crippen MR) is 78.7 cm³/mol. The van der Waals surface area contributed by atoms with Crippen molar-refractivity contribution in [2.45, 2.75) is 6.04 Å². The fraction of sp³-hybridized carbons (Fsp3) is 0.429. The fourth-order valence-electron chi connectivity index (χ4n) is 2.21. The third-order valence-electron chi connectivity index (χ3n) is 3.30. The van der Waals surface area contributed by atoms with Crippen molar-refractivity contribution in [1.82, 2.24) is 4.90 Å². The number of morpholine rings is 1. The van der Waals surface area contributed by atoms with E-state index >= 15 is 0 Å². The summed E-state index contributed by atoms with van der Waals surface area (Å²) in [6, 6.07) is 5.97. The van der Waals surface area contributed by atoms with Crippen LogP contribution in [0.25, 0.3) is 0 Å². The minimum atomic E-state index is -1.06. The Kier molecular flexibility index (Phi) is 4.64. The lowest BCUT2D eigenvalue weighted by molar-refractivity contribution is -0.147. The number of nitrogens with zero attached hydrogens (tertiary/aromatic N) is 2. The highest BCUT2D eigenvalue weighted by atomic mass is 16.5. The van der Waals surface area contributed by atoms with Crippen LogP contribution in [0.3, 0.4) is 0 Å². The Morgan fingerprint density at radius 1 is 1.38 bits per heavy atom. The van der Waals surface area contributed by atoms with Crippen molar-refractivity contribution in [3.63, 3.8) is 0 Å². The van der Waals surface area contributed by atoms with Gasteiger partial charge < -0.3 is 25.0 Å². The molecule has 2 rings (SSSR count). The number of benzene rings is 1. The molecule has 0 radical (unpaired) electrons. The molecule has 7 heteroatoms. The number of rotatable bonds is 3. The number of nitrogens with one attached hydrogen (secondary N) is 1. The van der Waals surface area contributed by atoms with Crippen LogP contribution in [0.1, 0.15) is 0 Å². The van der Waals surface area contributed by atoms with Crippen molar-refractivity contribution in [1.29, 1.82) is 0 Å². The molecular formula is C14H19N3O4. The standard InChI is InChI=1S/C14H19N3O4/c1-16(2)11-6-4-3-5-10(11)15-14(20)17-7-8-21-9-12(17)13(18)19/h3-6,12H,7-9H2,1-2H3,(H,15,20)(H,18,19). The summed E-state index contributed by atoms with van der Waals surface area (Å²) in [7, 11) is 3.75. The molecule has 1 atom stereocenters. The summed E-state index contributed by atoms with van der Waals surface area (Å²) in [6.45, 7) is 0.609. The van der Waals surface area contributed by atoms with E-state index in [1.54, 1.807) is 6.07 Å².